The van der Waals surface area contributed by atoms with E-state index in [-0.39, 0.29) is 5.91 Å². The van der Waals surface area contributed by atoms with Crippen LogP contribution in [0.3, 0.4) is 0 Å². The van der Waals surface area contributed by atoms with E-state index in [1.165, 1.54) is 32.1 Å². The van der Waals surface area contributed by atoms with Crippen molar-refractivity contribution in [3.05, 3.63) is 29.8 Å². The molecule has 3 nitrogen and oxygen atoms in total. The van der Waals surface area contributed by atoms with Crippen LogP contribution in [0.1, 0.15) is 49.4 Å². The Labute approximate surface area is 109 Å². The number of benzene rings is 1. The predicted molar refractivity (Wildman–Crippen MR) is 74.4 cm³/mol. The Hall–Kier alpha value is -1.51. The number of nitrogens with two attached hydrogens (primary N) is 1. The Morgan fingerprint density at radius 1 is 1.44 bits per heavy atom. The highest BCUT2D eigenvalue weighted by atomic mass is 16.1. The maximum Gasteiger partial charge on any atom is 0.251 e. The third-order valence-corrected chi connectivity index (χ3v) is 3.97. The van der Waals surface area contributed by atoms with Gasteiger partial charge in [-0.1, -0.05) is 25.8 Å². The molecule has 1 amide bonds. The number of nitrogens with one attached hydrogen (secondary N) is 1. The van der Waals surface area contributed by atoms with Crippen LogP contribution in [0.4, 0.5) is 5.69 Å². The lowest BCUT2D eigenvalue weighted by molar-refractivity contribution is 0.0832. The third kappa shape index (κ3) is 2.84. The first-order chi connectivity index (χ1) is 8.65. The summed E-state index contributed by atoms with van der Waals surface area (Å²) in [5.41, 5.74) is 7.34. The van der Waals surface area contributed by atoms with Crippen LogP contribution >= 0.6 is 0 Å². The molecule has 3 heteroatoms. The van der Waals surface area contributed by atoms with Crippen LogP contribution < -0.4 is 11.1 Å². The van der Waals surface area contributed by atoms with Crippen molar-refractivity contribution < 1.29 is 4.79 Å². The first-order valence-electron chi connectivity index (χ1n) is 6.79. The average Bonchev–Trinajstić information content (AvgIpc) is 2.32. The van der Waals surface area contributed by atoms with Crippen molar-refractivity contribution in [1.29, 1.82) is 0 Å². The van der Waals surface area contributed by atoms with E-state index in [1.54, 1.807) is 18.2 Å². The van der Waals surface area contributed by atoms with Crippen LogP contribution in [0.25, 0.3) is 0 Å². The van der Waals surface area contributed by atoms with Gasteiger partial charge in [0.25, 0.3) is 5.91 Å². The molecule has 2 rings (SSSR count). The number of hydrogen-bond donors (Lipinski definition) is 2. The van der Waals surface area contributed by atoms with Crippen molar-refractivity contribution >= 4 is 11.6 Å². The molecular formula is C15H22N2O. The zero-order valence-corrected chi connectivity index (χ0v) is 11.0. The number of carbonyl (C=O) groups excluding carboxylic acids is 1. The van der Waals surface area contributed by atoms with Crippen molar-refractivity contribution in [3.8, 4) is 0 Å². The first kappa shape index (κ1) is 12.9. The molecule has 0 atom stereocenters. The second-order valence-electron chi connectivity index (χ2n) is 5.41. The normalized spacial score (nSPS) is 16.9. The molecule has 98 valence electrons. The van der Waals surface area contributed by atoms with Crippen molar-refractivity contribution in [2.24, 2.45) is 5.41 Å². The van der Waals surface area contributed by atoms with Crippen LogP contribution in [0, 0.1) is 5.41 Å². The van der Waals surface area contributed by atoms with E-state index in [2.05, 4.69) is 12.2 Å². The zero-order valence-electron chi connectivity index (χ0n) is 11.0. The predicted octanol–water partition coefficient (Wildman–Crippen LogP) is 2.97. The van der Waals surface area contributed by atoms with Gasteiger partial charge in [0.2, 0.25) is 0 Å². The van der Waals surface area contributed by atoms with Gasteiger partial charge in [-0.2, -0.15) is 0 Å². The number of amides is 1. The van der Waals surface area contributed by atoms with E-state index < -0.39 is 0 Å². The molecule has 1 aromatic carbocycles. The molecule has 0 radical (unpaired) electrons. The molecule has 1 saturated carbocycles. The van der Waals surface area contributed by atoms with Gasteiger partial charge < -0.3 is 11.1 Å². The van der Waals surface area contributed by atoms with Crippen LogP contribution in [0.5, 0.6) is 0 Å². The van der Waals surface area contributed by atoms with Gasteiger partial charge >= 0.3 is 0 Å². The van der Waals surface area contributed by atoms with Crippen LogP contribution in [0.15, 0.2) is 24.3 Å². The van der Waals surface area contributed by atoms with Crippen molar-refractivity contribution in [2.75, 3.05) is 12.3 Å². The molecule has 1 aliphatic rings. The third-order valence-electron chi connectivity index (χ3n) is 3.97. The molecule has 0 unspecified atom stereocenters. The number of anilines is 1. The van der Waals surface area contributed by atoms with Crippen molar-refractivity contribution in [3.63, 3.8) is 0 Å². The fraction of sp³-hybridized carbons (Fsp3) is 0.533. The monoisotopic (exact) mass is 246 g/mol. The van der Waals surface area contributed by atoms with Gasteiger partial charge in [0.05, 0.1) is 0 Å². The molecule has 1 aliphatic carbocycles. The summed E-state index contributed by atoms with van der Waals surface area (Å²) in [6.45, 7) is 3.01. The second kappa shape index (κ2) is 5.42. The van der Waals surface area contributed by atoms with E-state index in [9.17, 15) is 4.79 Å². The van der Waals surface area contributed by atoms with E-state index in [4.69, 9.17) is 5.73 Å². The van der Waals surface area contributed by atoms with Crippen molar-refractivity contribution in [1.82, 2.24) is 5.32 Å². The van der Waals surface area contributed by atoms with Crippen molar-refractivity contribution in [2.45, 2.75) is 39.0 Å². The van der Waals surface area contributed by atoms with Gasteiger partial charge in [-0.25, -0.2) is 0 Å². The Morgan fingerprint density at radius 2 is 2.22 bits per heavy atom. The summed E-state index contributed by atoms with van der Waals surface area (Å²) in [5, 5.41) is 3.06. The summed E-state index contributed by atoms with van der Waals surface area (Å²) in [6, 6.07) is 7.14. The Bertz CT molecular complexity index is 424. The highest BCUT2D eigenvalue weighted by Crippen LogP contribution is 2.44. The topological polar surface area (TPSA) is 55.1 Å². The van der Waals surface area contributed by atoms with Gasteiger partial charge in [0.15, 0.2) is 0 Å². The molecule has 3 N–H and O–H groups in total. The fourth-order valence-electron chi connectivity index (χ4n) is 2.77. The molecular weight excluding hydrogens is 224 g/mol. The van der Waals surface area contributed by atoms with Crippen LogP contribution in [0.2, 0.25) is 0 Å². The minimum absolute atomic E-state index is 0.00956. The van der Waals surface area contributed by atoms with Crippen LogP contribution in [-0.4, -0.2) is 12.5 Å². The number of carbonyl (C=O) groups is 1. The molecule has 0 saturated heterocycles. The number of nitrogen functional groups attached to an aromatic ring is 1. The van der Waals surface area contributed by atoms with E-state index in [0.717, 1.165) is 6.54 Å². The minimum atomic E-state index is -0.00956. The van der Waals surface area contributed by atoms with Gasteiger partial charge in [-0.15, -0.1) is 0 Å². The number of hydrogen-bond acceptors (Lipinski definition) is 2. The second-order valence-corrected chi connectivity index (χ2v) is 5.41. The lowest BCUT2D eigenvalue weighted by atomic mass is 9.66. The standard InChI is InChI=1S/C15H22N2O/c1-2-7-15(8-4-9-15)11-17-14(18)12-5-3-6-13(16)10-12/h3,5-6,10H,2,4,7-9,11,16H2,1H3,(H,17,18). The smallest absolute Gasteiger partial charge is 0.251 e. The molecule has 0 spiro atoms. The maximum absolute atomic E-state index is 12.0. The largest absolute Gasteiger partial charge is 0.399 e. The fourth-order valence-corrected chi connectivity index (χ4v) is 2.77. The Morgan fingerprint density at radius 3 is 2.78 bits per heavy atom. The highest BCUT2D eigenvalue weighted by Gasteiger charge is 2.36. The quantitative estimate of drug-likeness (QED) is 0.785. The summed E-state index contributed by atoms with van der Waals surface area (Å²) in [5.74, 6) is -0.00956. The minimum Gasteiger partial charge on any atom is -0.399 e. The van der Waals surface area contributed by atoms with E-state index in [0.29, 0.717) is 16.7 Å². The zero-order chi connectivity index (χ0) is 13.0. The van der Waals surface area contributed by atoms with Gasteiger partial charge in [0, 0.05) is 17.8 Å². The van der Waals surface area contributed by atoms with Gasteiger partial charge in [0.1, 0.15) is 0 Å². The molecule has 18 heavy (non-hydrogen) atoms. The molecule has 1 fully saturated rings. The summed E-state index contributed by atoms with van der Waals surface area (Å²) < 4.78 is 0. The first-order valence-corrected chi connectivity index (χ1v) is 6.79. The lowest BCUT2D eigenvalue weighted by Crippen LogP contribution is -2.42. The highest BCUT2D eigenvalue weighted by molar-refractivity contribution is 5.95. The summed E-state index contributed by atoms with van der Waals surface area (Å²) in [4.78, 5) is 12.0. The summed E-state index contributed by atoms with van der Waals surface area (Å²) >= 11 is 0. The maximum atomic E-state index is 12.0. The lowest BCUT2D eigenvalue weighted by Gasteiger charge is -2.42. The molecule has 0 aliphatic heterocycles. The molecule has 0 bridgehead atoms. The van der Waals surface area contributed by atoms with Gasteiger partial charge in [-0.05, 0) is 42.9 Å². The van der Waals surface area contributed by atoms with Gasteiger partial charge in [-0.3, -0.25) is 4.79 Å². The summed E-state index contributed by atoms with van der Waals surface area (Å²) in [6.07, 6.45) is 6.20. The number of rotatable bonds is 5. The molecule has 0 heterocycles. The SMILES string of the molecule is CCCC1(CNC(=O)c2cccc(N)c2)CCC1. The Kier molecular flexibility index (Phi) is 3.90. The van der Waals surface area contributed by atoms with E-state index in [1.807, 2.05) is 6.07 Å². The molecule has 0 aromatic heterocycles. The van der Waals surface area contributed by atoms with Crippen LogP contribution in [-0.2, 0) is 0 Å². The average molecular weight is 246 g/mol. The molecule has 1 aromatic rings. The van der Waals surface area contributed by atoms with E-state index >= 15 is 0 Å². The Balaban J connectivity index is 1.92. The summed E-state index contributed by atoms with van der Waals surface area (Å²) in [7, 11) is 0.